The van der Waals surface area contributed by atoms with E-state index >= 15 is 0 Å². The molecule has 0 saturated carbocycles. The average molecular weight is 313 g/mol. The molecule has 6 N–H and O–H groups in total. The number of anilines is 1. The topological polar surface area (TPSA) is 150 Å². The summed E-state index contributed by atoms with van der Waals surface area (Å²) in [5.74, 6) is 4.21. The first-order chi connectivity index (χ1) is 10.3. The number of hydrogen-bond donors (Lipinski definition) is 4. The molecule has 1 aromatic heterocycles. The van der Waals surface area contributed by atoms with Gasteiger partial charge in [-0.05, 0) is 6.92 Å². The first-order valence-electron chi connectivity index (χ1n) is 6.38. The maximum Gasteiger partial charge on any atom is 0.354 e. The molecule has 1 fully saturated rings. The molecule has 120 valence electrons. The van der Waals surface area contributed by atoms with Crippen LogP contribution in [-0.4, -0.2) is 55.3 Å². The van der Waals surface area contributed by atoms with E-state index in [1.807, 2.05) is 0 Å². The van der Waals surface area contributed by atoms with Crippen molar-refractivity contribution in [1.29, 1.82) is 0 Å². The van der Waals surface area contributed by atoms with Crippen molar-refractivity contribution in [3.8, 4) is 11.8 Å². The van der Waals surface area contributed by atoms with E-state index in [1.54, 1.807) is 0 Å². The molecular formula is C12H16FN5O4. The number of alkyl halides is 1. The lowest BCUT2D eigenvalue weighted by Crippen LogP contribution is -2.55. The molecule has 9 nitrogen and oxygen atoms in total. The Morgan fingerprint density at radius 1 is 1.68 bits per heavy atom. The van der Waals surface area contributed by atoms with Crippen molar-refractivity contribution in [1.82, 2.24) is 14.5 Å². The highest BCUT2D eigenvalue weighted by Gasteiger charge is 2.56. The number of nitrogens with two attached hydrogens (primary N) is 2. The molecule has 1 aromatic rings. The fourth-order valence-electron chi connectivity index (χ4n) is 2.27. The molecule has 0 aromatic carbocycles. The van der Waals surface area contributed by atoms with E-state index in [0.717, 1.165) is 10.9 Å². The van der Waals surface area contributed by atoms with Crippen molar-refractivity contribution in [3.05, 3.63) is 16.8 Å². The molecular weight excluding hydrogens is 297 g/mol. The SMILES string of the molecule is C[C@@H](O)[C@H]1O[C@@H](n2cnc(N)nc2=O)[C@@](N)(C#CCF)C1O. The second-order valence-electron chi connectivity index (χ2n) is 4.91. The zero-order chi connectivity index (χ0) is 16.5. The summed E-state index contributed by atoms with van der Waals surface area (Å²) < 4.78 is 18.7. The van der Waals surface area contributed by atoms with E-state index in [-0.39, 0.29) is 5.95 Å². The molecule has 22 heavy (non-hydrogen) atoms. The van der Waals surface area contributed by atoms with E-state index in [9.17, 15) is 19.4 Å². The second-order valence-corrected chi connectivity index (χ2v) is 4.91. The Morgan fingerprint density at radius 3 is 2.91 bits per heavy atom. The normalized spacial score (nSPS) is 32.3. The van der Waals surface area contributed by atoms with Crippen LogP contribution in [0.4, 0.5) is 10.3 Å². The first-order valence-corrected chi connectivity index (χ1v) is 6.38. The third-order valence-corrected chi connectivity index (χ3v) is 3.34. The molecule has 1 saturated heterocycles. The van der Waals surface area contributed by atoms with Gasteiger partial charge in [0, 0.05) is 0 Å². The lowest BCUT2D eigenvalue weighted by molar-refractivity contribution is -0.0781. The van der Waals surface area contributed by atoms with Crippen molar-refractivity contribution in [2.45, 2.75) is 37.0 Å². The first kappa shape index (κ1) is 16.3. The van der Waals surface area contributed by atoms with Gasteiger partial charge >= 0.3 is 5.69 Å². The molecule has 1 unspecified atom stereocenters. The number of rotatable bonds is 2. The Morgan fingerprint density at radius 2 is 2.36 bits per heavy atom. The highest BCUT2D eigenvalue weighted by molar-refractivity contribution is 5.26. The lowest BCUT2D eigenvalue weighted by Gasteiger charge is -2.27. The predicted octanol–water partition coefficient (Wildman–Crippen LogP) is -2.47. The number of aromatic nitrogens is 3. The van der Waals surface area contributed by atoms with E-state index in [4.69, 9.17) is 16.2 Å². The summed E-state index contributed by atoms with van der Waals surface area (Å²) in [6.45, 7) is 0.381. The molecule has 1 aliphatic heterocycles. The zero-order valence-corrected chi connectivity index (χ0v) is 11.7. The molecule has 5 atom stereocenters. The van der Waals surface area contributed by atoms with E-state index in [2.05, 4.69) is 21.8 Å². The van der Waals surface area contributed by atoms with Gasteiger partial charge in [-0.25, -0.2) is 14.2 Å². The highest BCUT2D eigenvalue weighted by atomic mass is 19.1. The van der Waals surface area contributed by atoms with Gasteiger partial charge in [-0.15, -0.1) is 0 Å². The Bertz CT molecular complexity index is 669. The summed E-state index contributed by atoms with van der Waals surface area (Å²) >= 11 is 0. The number of aliphatic hydroxyl groups excluding tert-OH is 2. The monoisotopic (exact) mass is 313 g/mol. The van der Waals surface area contributed by atoms with Crippen LogP contribution in [0.5, 0.6) is 0 Å². The fourth-order valence-corrected chi connectivity index (χ4v) is 2.27. The number of ether oxygens (including phenoxy) is 1. The van der Waals surface area contributed by atoms with Gasteiger partial charge in [0.25, 0.3) is 0 Å². The molecule has 0 radical (unpaired) electrons. The van der Waals surface area contributed by atoms with Crippen LogP contribution in [0.1, 0.15) is 13.2 Å². The summed E-state index contributed by atoms with van der Waals surface area (Å²) in [7, 11) is 0. The van der Waals surface area contributed by atoms with Crippen molar-refractivity contribution in [2.75, 3.05) is 12.4 Å². The van der Waals surface area contributed by atoms with Crippen molar-refractivity contribution < 1.29 is 19.3 Å². The summed E-state index contributed by atoms with van der Waals surface area (Å²) in [6.07, 6.45) is -3.95. The van der Waals surface area contributed by atoms with Gasteiger partial charge in [-0.2, -0.15) is 4.98 Å². The van der Waals surface area contributed by atoms with Crippen LogP contribution >= 0.6 is 0 Å². The third-order valence-electron chi connectivity index (χ3n) is 3.34. The van der Waals surface area contributed by atoms with E-state index in [1.165, 1.54) is 6.92 Å². The molecule has 1 aliphatic rings. The van der Waals surface area contributed by atoms with Crippen LogP contribution in [0.15, 0.2) is 11.1 Å². The van der Waals surface area contributed by atoms with Crippen LogP contribution in [0.2, 0.25) is 0 Å². The number of aliphatic hydroxyl groups is 2. The Labute approximate surface area is 124 Å². The standard InChI is InChI=1S/C12H16FN5O4/c1-6(19)7-8(20)12(15,3-2-4-13)9(22-7)18-5-16-10(14)17-11(18)21/h5-9,19-20H,4,15H2,1H3,(H2,14,17,21)/t6-,7-,8?,9-,12-/m1/s1. The molecule has 0 bridgehead atoms. The van der Waals surface area contributed by atoms with Crippen LogP contribution in [0.25, 0.3) is 0 Å². The molecule has 10 heteroatoms. The van der Waals surface area contributed by atoms with E-state index < -0.39 is 42.4 Å². The Kier molecular flexibility index (Phi) is 4.43. The molecule has 0 amide bonds. The second kappa shape index (κ2) is 5.98. The van der Waals surface area contributed by atoms with E-state index in [0.29, 0.717) is 0 Å². The van der Waals surface area contributed by atoms with Crippen molar-refractivity contribution >= 4 is 5.95 Å². The van der Waals surface area contributed by atoms with Crippen LogP contribution in [-0.2, 0) is 4.74 Å². The van der Waals surface area contributed by atoms with Gasteiger partial charge in [-0.3, -0.25) is 4.57 Å². The minimum Gasteiger partial charge on any atom is -0.391 e. The minimum atomic E-state index is -1.82. The summed E-state index contributed by atoms with van der Waals surface area (Å²) in [5, 5.41) is 19.9. The predicted molar refractivity (Wildman–Crippen MR) is 73.0 cm³/mol. The third kappa shape index (κ3) is 2.67. The number of nitrogens with zero attached hydrogens (tertiary/aromatic N) is 3. The fraction of sp³-hybridized carbons (Fsp3) is 0.583. The molecule has 0 spiro atoms. The number of nitrogen functional groups attached to an aromatic ring is 1. The van der Waals surface area contributed by atoms with Crippen LogP contribution in [0, 0.1) is 11.8 Å². The van der Waals surface area contributed by atoms with Crippen molar-refractivity contribution in [3.63, 3.8) is 0 Å². The molecule has 2 rings (SSSR count). The van der Waals surface area contributed by atoms with Crippen LogP contribution < -0.4 is 17.2 Å². The minimum absolute atomic E-state index is 0.246. The van der Waals surface area contributed by atoms with Gasteiger partial charge in [0.15, 0.2) is 11.8 Å². The number of hydrogen-bond acceptors (Lipinski definition) is 8. The molecule has 2 heterocycles. The smallest absolute Gasteiger partial charge is 0.354 e. The average Bonchev–Trinajstić information content (AvgIpc) is 2.70. The summed E-state index contributed by atoms with van der Waals surface area (Å²) in [4.78, 5) is 19.0. The Hall–Kier alpha value is -2.06. The van der Waals surface area contributed by atoms with Gasteiger partial charge in [0.05, 0.1) is 6.10 Å². The molecule has 0 aliphatic carbocycles. The maximum absolute atomic E-state index is 12.4. The highest BCUT2D eigenvalue weighted by Crippen LogP contribution is 2.36. The van der Waals surface area contributed by atoms with Gasteiger partial charge in [-0.1, -0.05) is 11.8 Å². The summed E-state index contributed by atoms with van der Waals surface area (Å²) in [6, 6.07) is 0. The summed E-state index contributed by atoms with van der Waals surface area (Å²) in [5.41, 5.74) is 8.68. The van der Waals surface area contributed by atoms with Crippen molar-refractivity contribution in [2.24, 2.45) is 5.73 Å². The Balaban J connectivity index is 2.53. The quantitative estimate of drug-likeness (QED) is 0.439. The van der Waals surface area contributed by atoms with Gasteiger partial charge < -0.3 is 26.4 Å². The maximum atomic E-state index is 12.4. The zero-order valence-electron chi connectivity index (χ0n) is 11.7. The lowest BCUT2D eigenvalue weighted by atomic mass is 9.90. The van der Waals surface area contributed by atoms with Gasteiger partial charge in [0.1, 0.15) is 25.2 Å². The number of halogens is 1. The van der Waals surface area contributed by atoms with Crippen LogP contribution in [0.3, 0.4) is 0 Å². The largest absolute Gasteiger partial charge is 0.391 e. The van der Waals surface area contributed by atoms with Gasteiger partial charge in [0.2, 0.25) is 5.95 Å².